The van der Waals surface area contributed by atoms with Gasteiger partial charge in [0.25, 0.3) is 0 Å². The van der Waals surface area contributed by atoms with Gasteiger partial charge in [-0.3, -0.25) is 9.36 Å². The van der Waals surface area contributed by atoms with Crippen LogP contribution in [0, 0.1) is 0 Å². The second-order valence-corrected chi connectivity index (χ2v) is 7.19. The van der Waals surface area contributed by atoms with Crippen molar-refractivity contribution in [3.63, 3.8) is 0 Å². The number of halogens is 1. The van der Waals surface area contributed by atoms with Crippen molar-refractivity contribution in [2.45, 2.75) is 23.9 Å². The molecule has 0 saturated heterocycles. The van der Waals surface area contributed by atoms with Crippen LogP contribution >= 0.6 is 23.4 Å². The van der Waals surface area contributed by atoms with Crippen LogP contribution in [0.5, 0.6) is 0 Å². The van der Waals surface area contributed by atoms with Gasteiger partial charge >= 0.3 is 0 Å². The fraction of sp³-hybridized carbons (Fsp3) is 0.438. The number of amides is 1. The summed E-state index contributed by atoms with van der Waals surface area (Å²) in [6.07, 6.45) is 0. The minimum Gasteiger partial charge on any atom is -0.383 e. The normalized spacial score (nSPS) is 12.2. The molecule has 2 aromatic rings. The predicted molar refractivity (Wildman–Crippen MR) is 96.4 cm³/mol. The Labute approximate surface area is 151 Å². The Morgan fingerprint density at radius 3 is 2.58 bits per heavy atom. The molecule has 6 nitrogen and oxygen atoms in total. The first-order valence-corrected chi connectivity index (χ1v) is 8.75. The molecule has 130 valence electrons. The summed E-state index contributed by atoms with van der Waals surface area (Å²) in [6, 6.07) is 7.44. The van der Waals surface area contributed by atoms with E-state index in [1.807, 2.05) is 35.8 Å². The highest BCUT2D eigenvalue weighted by Crippen LogP contribution is 2.28. The molecule has 0 aliphatic heterocycles. The van der Waals surface area contributed by atoms with Crippen LogP contribution in [0.1, 0.15) is 6.92 Å². The van der Waals surface area contributed by atoms with Gasteiger partial charge in [-0.25, -0.2) is 0 Å². The lowest BCUT2D eigenvalue weighted by atomic mass is 10.2. The molecule has 24 heavy (non-hydrogen) atoms. The van der Waals surface area contributed by atoms with Gasteiger partial charge in [-0.15, -0.1) is 10.2 Å². The van der Waals surface area contributed by atoms with E-state index in [1.165, 1.54) is 11.8 Å². The molecule has 1 atom stereocenters. The number of benzene rings is 1. The molecule has 8 heteroatoms. The lowest BCUT2D eigenvalue weighted by molar-refractivity contribution is -0.127. The molecule has 0 aliphatic rings. The van der Waals surface area contributed by atoms with Crippen LogP contribution in [0.25, 0.3) is 11.4 Å². The van der Waals surface area contributed by atoms with Gasteiger partial charge in [0, 0.05) is 31.8 Å². The average molecular weight is 369 g/mol. The molecule has 0 fully saturated rings. The maximum atomic E-state index is 12.1. The zero-order chi connectivity index (χ0) is 17.7. The Kier molecular flexibility index (Phi) is 6.65. The first kappa shape index (κ1) is 18.8. The summed E-state index contributed by atoms with van der Waals surface area (Å²) < 4.78 is 7.16. The number of nitrogens with zero attached hydrogens (tertiary/aromatic N) is 4. The summed E-state index contributed by atoms with van der Waals surface area (Å²) in [7, 11) is 5.14. The van der Waals surface area contributed by atoms with Crippen molar-refractivity contribution in [2.24, 2.45) is 0 Å². The fourth-order valence-electron chi connectivity index (χ4n) is 2.14. The molecule has 1 heterocycles. The number of rotatable bonds is 7. The number of ether oxygens (including phenoxy) is 1. The molecular formula is C16H21ClN4O2S. The molecule has 0 saturated carbocycles. The number of hydrogen-bond acceptors (Lipinski definition) is 5. The van der Waals surface area contributed by atoms with Crippen LogP contribution in [0.2, 0.25) is 5.02 Å². The molecule has 0 N–H and O–H groups in total. The zero-order valence-electron chi connectivity index (χ0n) is 14.2. The largest absolute Gasteiger partial charge is 0.383 e. The van der Waals surface area contributed by atoms with Crippen molar-refractivity contribution < 1.29 is 9.53 Å². The number of methoxy groups -OCH3 is 1. The van der Waals surface area contributed by atoms with E-state index in [0.29, 0.717) is 23.3 Å². The zero-order valence-corrected chi connectivity index (χ0v) is 15.8. The van der Waals surface area contributed by atoms with E-state index < -0.39 is 0 Å². The minimum atomic E-state index is -0.247. The second kappa shape index (κ2) is 8.50. The molecule has 0 bridgehead atoms. The highest BCUT2D eigenvalue weighted by molar-refractivity contribution is 8.00. The minimum absolute atomic E-state index is 0.0364. The van der Waals surface area contributed by atoms with Gasteiger partial charge in [0.15, 0.2) is 11.0 Å². The molecule has 1 aromatic heterocycles. The standard InChI is InChI=1S/C16H21ClN4O2S/c1-11(15(22)20(2)3)24-16-19-18-14(21(16)9-10-23-4)12-5-7-13(17)8-6-12/h5-8,11H,9-10H2,1-4H3/t11-/m1/s1. The monoisotopic (exact) mass is 368 g/mol. The van der Waals surface area contributed by atoms with Gasteiger partial charge in [0.2, 0.25) is 5.91 Å². The van der Waals surface area contributed by atoms with Crippen LogP contribution in [0.15, 0.2) is 29.4 Å². The van der Waals surface area contributed by atoms with Crippen molar-refractivity contribution in [1.82, 2.24) is 19.7 Å². The lowest BCUT2D eigenvalue weighted by Crippen LogP contribution is -2.29. The van der Waals surface area contributed by atoms with Crippen LogP contribution < -0.4 is 0 Å². The Hall–Kier alpha value is -1.57. The smallest absolute Gasteiger partial charge is 0.235 e. The summed E-state index contributed by atoms with van der Waals surface area (Å²) in [5.41, 5.74) is 0.918. The third kappa shape index (κ3) is 4.49. The number of carbonyl (C=O) groups is 1. The predicted octanol–water partition coefficient (Wildman–Crippen LogP) is 2.81. The first-order valence-electron chi connectivity index (χ1n) is 7.50. The average Bonchev–Trinajstić information content (AvgIpc) is 2.95. The SMILES string of the molecule is COCCn1c(S[C@H](C)C(=O)N(C)C)nnc1-c1ccc(Cl)cc1. The van der Waals surface area contributed by atoms with E-state index >= 15 is 0 Å². The molecule has 1 aromatic carbocycles. The molecule has 0 aliphatic carbocycles. The van der Waals surface area contributed by atoms with Crippen molar-refractivity contribution in [3.05, 3.63) is 29.3 Å². The molecule has 0 unspecified atom stereocenters. The number of hydrogen-bond donors (Lipinski definition) is 0. The van der Waals surface area contributed by atoms with Crippen molar-refractivity contribution in [1.29, 1.82) is 0 Å². The van der Waals surface area contributed by atoms with Crippen LogP contribution in [0.4, 0.5) is 0 Å². The summed E-state index contributed by atoms with van der Waals surface area (Å²) in [6.45, 7) is 3.00. The number of aromatic nitrogens is 3. The number of thioether (sulfide) groups is 1. The lowest BCUT2D eigenvalue weighted by Gasteiger charge is -2.16. The Bertz CT molecular complexity index is 688. The van der Waals surface area contributed by atoms with Crippen LogP contribution in [-0.4, -0.2) is 58.6 Å². The Balaban J connectivity index is 2.31. The van der Waals surface area contributed by atoms with Crippen molar-refractivity contribution in [3.8, 4) is 11.4 Å². The topological polar surface area (TPSA) is 60.2 Å². The molecular weight excluding hydrogens is 348 g/mol. The molecule has 0 radical (unpaired) electrons. The maximum Gasteiger partial charge on any atom is 0.235 e. The van der Waals surface area contributed by atoms with E-state index in [1.54, 1.807) is 26.1 Å². The van der Waals surface area contributed by atoms with Crippen molar-refractivity contribution >= 4 is 29.3 Å². The highest BCUT2D eigenvalue weighted by atomic mass is 35.5. The van der Waals surface area contributed by atoms with Gasteiger partial charge < -0.3 is 9.64 Å². The van der Waals surface area contributed by atoms with Gasteiger partial charge in [-0.1, -0.05) is 23.4 Å². The Morgan fingerprint density at radius 2 is 2.00 bits per heavy atom. The van der Waals surface area contributed by atoms with E-state index in [4.69, 9.17) is 16.3 Å². The van der Waals surface area contributed by atoms with Crippen LogP contribution in [-0.2, 0) is 16.1 Å². The molecule has 2 rings (SSSR count). The van der Waals surface area contributed by atoms with Gasteiger partial charge in [-0.05, 0) is 31.2 Å². The Morgan fingerprint density at radius 1 is 1.33 bits per heavy atom. The number of carbonyl (C=O) groups excluding carboxylic acids is 1. The first-order chi connectivity index (χ1) is 11.4. The summed E-state index contributed by atoms with van der Waals surface area (Å²) in [4.78, 5) is 13.7. The van der Waals surface area contributed by atoms with Crippen molar-refractivity contribution in [2.75, 3.05) is 27.8 Å². The van der Waals surface area contributed by atoms with E-state index in [2.05, 4.69) is 10.2 Å². The summed E-state index contributed by atoms with van der Waals surface area (Å²) in [5, 5.41) is 9.68. The highest BCUT2D eigenvalue weighted by Gasteiger charge is 2.21. The second-order valence-electron chi connectivity index (χ2n) is 5.45. The van der Waals surface area contributed by atoms with E-state index in [-0.39, 0.29) is 11.2 Å². The maximum absolute atomic E-state index is 12.1. The molecule has 0 spiro atoms. The third-order valence-corrected chi connectivity index (χ3v) is 4.73. The van der Waals surface area contributed by atoms with Crippen LogP contribution in [0.3, 0.4) is 0 Å². The molecule has 1 amide bonds. The third-order valence-electron chi connectivity index (χ3n) is 3.41. The van der Waals surface area contributed by atoms with Gasteiger partial charge in [-0.2, -0.15) is 0 Å². The van der Waals surface area contributed by atoms with Gasteiger partial charge in [0.05, 0.1) is 18.4 Å². The summed E-state index contributed by atoms with van der Waals surface area (Å²) in [5.74, 6) is 0.769. The van der Waals surface area contributed by atoms with E-state index in [0.717, 1.165) is 11.4 Å². The van der Waals surface area contributed by atoms with Gasteiger partial charge in [0.1, 0.15) is 0 Å². The fourth-order valence-corrected chi connectivity index (χ4v) is 3.29. The summed E-state index contributed by atoms with van der Waals surface area (Å²) >= 11 is 7.34. The quantitative estimate of drug-likeness (QED) is 0.703. The van der Waals surface area contributed by atoms with E-state index in [9.17, 15) is 4.79 Å².